The zero-order valence-electron chi connectivity index (χ0n) is 14.8. The molecule has 0 unspecified atom stereocenters. The summed E-state index contributed by atoms with van der Waals surface area (Å²) in [5.41, 5.74) is 1.84. The summed E-state index contributed by atoms with van der Waals surface area (Å²) >= 11 is 0. The van der Waals surface area contributed by atoms with E-state index in [2.05, 4.69) is 29.7 Å². The zero-order valence-corrected chi connectivity index (χ0v) is 14.8. The highest BCUT2D eigenvalue weighted by molar-refractivity contribution is 5.83. The number of aromatic nitrogens is 4. The number of nitrogens with one attached hydrogen (secondary N) is 1. The van der Waals surface area contributed by atoms with E-state index < -0.39 is 0 Å². The van der Waals surface area contributed by atoms with Gasteiger partial charge in [0.25, 0.3) is 0 Å². The molecule has 0 spiro atoms. The van der Waals surface area contributed by atoms with E-state index in [0.717, 1.165) is 68.8 Å². The Hall–Kier alpha value is -1.73. The van der Waals surface area contributed by atoms with Crippen LogP contribution in [0.2, 0.25) is 0 Å². The van der Waals surface area contributed by atoms with Crippen molar-refractivity contribution in [2.45, 2.75) is 63.6 Å². The van der Waals surface area contributed by atoms with Gasteiger partial charge in [-0.3, -0.25) is 0 Å². The maximum absolute atomic E-state index is 10.1. The number of rotatable bonds is 5. The van der Waals surface area contributed by atoms with Gasteiger partial charge < -0.3 is 19.9 Å². The number of aryl methyl sites for hydroxylation is 1. The van der Waals surface area contributed by atoms with Gasteiger partial charge in [0, 0.05) is 25.7 Å². The average molecular weight is 344 g/mol. The molecule has 136 valence electrons. The third-order valence-electron chi connectivity index (χ3n) is 5.50. The predicted octanol–water partition coefficient (Wildman–Crippen LogP) is 1.71. The molecule has 7 heteroatoms. The Labute approximate surface area is 148 Å². The van der Waals surface area contributed by atoms with Crippen LogP contribution in [0.4, 0.5) is 5.82 Å². The fraction of sp³-hybridized carbons (Fsp3) is 0.722. The van der Waals surface area contributed by atoms with Gasteiger partial charge in [0.1, 0.15) is 6.33 Å². The molecule has 0 aromatic carbocycles. The Morgan fingerprint density at radius 1 is 1.12 bits per heavy atom. The van der Waals surface area contributed by atoms with Crippen LogP contribution in [0.1, 0.15) is 44.9 Å². The van der Waals surface area contributed by atoms with Crippen molar-refractivity contribution < 1.29 is 5.11 Å². The minimum Gasteiger partial charge on any atom is -0.392 e. The van der Waals surface area contributed by atoms with E-state index in [1.165, 1.54) is 19.3 Å². The number of piperidine rings is 2. The Bertz CT molecular complexity index is 696. The smallest absolute Gasteiger partial charge is 0.165 e. The van der Waals surface area contributed by atoms with Crippen LogP contribution in [-0.4, -0.2) is 56.4 Å². The van der Waals surface area contributed by atoms with Crippen molar-refractivity contribution in [2.75, 3.05) is 24.5 Å². The molecule has 2 aliphatic heterocycles. The van der Waals surface area contributed by atoms with Crippen molar-refractivity contribution in [3.8, 4) is 0 Å². The molecule has 7 nitrogen and oxygen atoms in total. The van der Waals surface area contributed by atoms with Crippen LogP contribution in [0.15, 0.2) is 12.7 Å². The van der Waals surface area contributed by atoms with Gasteiger partial charge in [-0.25, -0.2) is 15.0 Å². The van der Waals surface area contributed by atoms with Crippen molar-refractivity contribution in [1.29, 1.82) is 0 Å². The molecule has 25 heavy (non-hydrogen) atoms. The normalized spacial score (nSPS) is 24.8. The molecule has 2 aliphatic rings. The molecule has 2 aromatic heterocycles. The van der Waals surface area contributed by atoms with Crippen LogP contribution in [0.25, 0.3) is 11.2 Å². The predicted molar refractivity (Wildman–Crippen MR) is 97.7 cm³/mol. The zero-order chi connectivity index (χ0) is 17.1. The lowest BCUT2D eigenvalue weighted by molar-refractivity contribution is 0.0909. The number of anilines is 1. The van der Waals surface area contributed by atoms with Crippen molar-refractivity contribution in [1.82, 2.24) is 24.8 Å². The van der Waals surface area contributed by atoms with Crippen LogP contribution < -0.4 is 10.2 Å². The summed E-state index contributed by atoms with van der Waals surface area (Å²) in [5, 5.41) is 13.5. The fourth-order valence-corrected chi connectivity index (χ4v) is 4.08. The first kappa shape index (κ1) is 16.7. The molecule has 2 aromatic rings. The second-order valence-electron chi connectivity index (χ2n) is 7.27. The van der Waals surface area contributed by atoms with Crippen LogP contribution in [0.5, 0.6) is 0 Å². The number of aliphatic hydroxyl groups excluding tert-OH is 1. The maximum atomic E-state index is 10.1. The van der Waals surface area contributed by atoms with Gasteiger partial charge in [0.05, 0.1) is 12.4 Å². The highest BCUT2D eigenvalue weighted by atomic mass is 16.3. The second-order valence-corrected chi connectivity index (χ2v) is 7.27. The number of hydrogen-bond donors (Lipinski definition) is 2. The molecule has 2 saturated heterocycles. The summed E-state index contributed by atoms with van der Waals surface area (Å²) in [6.07, 6.45) is 11.1. The van der Waals surface area contributed by atoms with Crippen LogP contribution in [-0.2, 0) is 6.54 Å². The number of hydrogen-bond acceptors (Lipinski definition) is 6. The molecule has 4 rings (SSSR count). The second kappa shape index (κ2) is 7.66. The number of aliphatic hydroxyl groups is 1. The first-order chi connectivity index (χ1) is 12.3. The quantitative estimate of drug-likeness (QED) is 0.860. The largest absolute Gasteiger partial charge is 0.392 e. The molecule has 0 amide bonds. The highest BCUT2D eigenvalue weighted by Gasteiger charge is 2.22. The van der Waals surface area contributed by atoms with E-state index in [1.807, 2.05) is 6.33 Å². The minimum atomic E-state index is -0.207. The van der Waals surface area contributed by atoms with Gasteiger partial charge in [0.15, 0.2) is 17.0 Å². The number of nitrogens with zero attached hydrogens (tertiary/aromatic N) is 5. The Morgan fingerprint density at radius 2 is 2.00 bits per heavy atom. The minimum absolute atomic E-state index is 0.207. The van der Waals surface area contributed by atoms with Gasteiger partial charge in [-0.2, -0.15) is 0 Å². The summed E-state index contributed by atoms with van der Waals surface area (Å²) in [6.45, 7) is 4.01. The lowest BCUT2D eigenvalue weighted by Crippen LogP contribution is -2.44. The Kier molecular flexibility index (Phi) is 5.12. The lowest BCUT2D eigenvalue weighted by Gasteiger charge is -2.29. The average Bonchev–Trinajstić information content (AvgIpc) is 3.07. The molecular formula is C18H28N6O. The van der Waals surface area contributed by atoms with E-state index >= 15 is 0 Å². The molecular weight excluding hydrogens is 316 g/mol. The lowest BCUT2D eigenvalue weighted by atomic mass is 9.97. The van der Waals surface area contributed by atoms with E-state index in [-0.39, 0.29) is 12.1 Å². The Balaban J connectivity index is 1.43. The topological polar surface area (TPSA) is 79.1 Å². The molecule has 2 atom stereocenters. The fourth-order valence-electron chi connectivity index (χ4n) is 4.08. The van der Waals surface area contributed by atoms with Gasteiger partial charge in [0.2, 0.25) is 0 Å². The standard InChI is InChI=1S/C18H28N6O/c25-15-7-4-8-19-14(15)6-5-11-24-13-22-16-17(20-12-21-18(16)24)23-9-2-1-3-10-23/h12-15,19,25H,1-11H2/t14-,15+/m1/s1. The van der Waals surface area contributed by atoms with Crippen molar-refractivity contribution in [3.63, 3.8) is 0 Å². The van der Waals surface area contributed by atoms with Crippen molar-refractivity contribution >= 4 is 17.0 Å². The van der Waals surface area contributed by atoms with Crippen LogP contribution in [0, 0.1) is 0 Å². The van der Waals surface area contributed by atoms with E-state index in [9.17, 15) is 5.11 Å². The maximum Gasteiger partial charge on any atom is 0.165 e. The SMILES string of the molecule is O[C@H]1CCCN[C@@H]1CCCn1cnc2c(N3CCCCC3)ncnc21. The van der Waals surface area contributed by atoms with Gasteiger partial charge >= 0.3 is 0 Å². The summed E-state index contributed by atoms with van der Waals surface area (Å²) < 4.78 is 2.12. The highest BCUT2D eigenvalue weighted by Crippen LogP contribution is 2.24. The first-order valence-corrected chi connectivity index (χ1v) is 9.65. The Morgan fingerprint density at radius 3 is 2.84 bits per heavy atom. The van der Waals surface area contributed by atoms with Crippen molar-refractivity contribution in [3.05, 3.63) is 12.7 Å². The van der Waals surface area contributed by atoms with E-state index in [1.54, 1.807) is 6.33 Å². The first-order valence-electron chi connectivity index (χ1n) is 9.65. The molecule has 0 radical (unpaired) electrons. The summed E-state index contributed by atoms with van der Waals surface area (Å²) in [6, 6.07) is 0.224. The summed E-state index contributed by atoms with van der Waals surface area (Å²) in [5.74, 6) is 0.979. The number of imidazole rings is 1. The molecule has 4 heterocycles. The van der Waals surface area contributed by atoms with E-state index in [4.69, 9.17) is 0 Å². The van der Waals surface area contributed by atoms with Crippen molar-refractivity contribution in [2.24, 2.45) is 0 Å². The van der Waals surface area contributed by atoms with Crippen LogP contribution in [0.3, 0.4) is 0 Å². The van der Waals surface area contributed by atoms with Gasteiger partial charge in [-0.05, 0) is 51.5 Å². The van der Waals surface area contributed by atoms with Gasteiger partial charge in [-0.15, -0.1) is 0 Å². The summed E-state index contributed by atoms with van der Waals surface area (Å²) in [7, 11) is 0. The third-order valence-corrected chi connectivity index (χ3v) is 5.50. The van der Waals surface area contributed by atoms with E-state index in [0.29, 0.717) is 0 Å². The van der Waals surface area contributed by atoms with Gasteiger partial charge in [-0.1, -0.05) is 0 Å². The molecule has 0 aliphatic carbocycles. The molecule has 2 N–H and O–H groups in total. The molecule has 0 bridgehead atoms. The van der Waals surface area contributed by atoms with Crippen LogP contribution >= 0.6 is 0 Å². The molecule has 0 saturated carbocycles. The monoisotopic (exact) mass is 344 g/mol. The molecule has 2 fully saturated rings. The number of fused-ring (bicyclic) bond motifs is 1. The third kappa shape index (κ3) is 3.62. The summed E-state index contributed by atoms with van der Waals surface area (Å²) in [4.78, 5) is 15.9.